The largest absolute Gasteiger partial charge is 0.361 e. The molecule has 3 nitrogen and oxygen atoms in total. The van der Waals surface area contributed by atoms with Crippen molar-refractivity contribution in [2.24, 2.45) is 7.05 Å². The Labute approximate surface area is 192 Å². The lowest BCUT2D eigenvalue weighted by Gasteiger charge is -2.05. The Kier molecular flexibility index (Phi) is 4.66. The number of H-pyrrole nitrogens is 2. The lowest BCUT2D eigenvalue weighted by Crippen LogP contribution is -2.33. The van der Waals surface area contributed by atoms with Crippen LogP contribution < -0.4 is 4.57 Å². The van der Waals surface area contributed by atoms with Crippen molar-refractivity contribution in [2.45, 2.75) is 0 Å². The minimum atomic E-state index is 1.15. The van der Waals surface area contributed by atoms with Crippen LogP contribution in [0.5, 0.6) is 0 Å². The van der Waals surface area contributed by atoms with Crippen molar-refractivity contribution in [3.05, 3.63) is 114 Å². The van der Waals surface area contributed by atoms with Gasteiger partial charge in [0.15, 0.2) is 0 Å². The van der Waals surface area contributed by atoms with Crippen LogP contribution in [0.3, 0.4) is 0 Å². The van der Waals surface area contributed by atoms with Crippen LogP contribution >= 0.6 is 0 Å². The van der Waals surface area contributed by atoms with E-state index in [1.807, 2.05) is 0 Å². The van der Waals surface area contributed by atoms with E-state index in [9.17, 15) is 0 Å². The summed E-state index contributed by atoms with van der Waals surface area (Å²) in [6, 6.07) is 27.6. The Balaban J connectivity index is 1.45. The number of aromatic amines is 2. The summed E-state index contributed by atoms with van der Waals surface area (Å²) in [5.74, 6) is 0. The van der Waals surface area contributed by atoms with Gasteiger partial charge >= 0.3 is 0 Å². The zero-order chi connectivity index (χ0) is 22.2. The second kappa shape index (κ2) is 7.95. The van der Waals surface area contributed by atoms with E-state index in [2.05, 4.69) is 137 Å². The summed E-state index contributed by atoms with van der Waals surface area (Å²) in [6.45, 7) is 0. The van der Waals surface area contributed by atoms with E-state index in [-0.39, 0.29) is 0 Å². The molecule has 0 aliphatic heterocycles. The van der Waals surface area contributed by atoms with Crippen LogP contribution in [0, 0.1) is 0 Å². The average molecular weight is 427 g/mol. The molecule has 3 heteroatoms. The van der Waals surface area contributed by atoms with Crippen molar-refractivity contribution in [3.63, 3.8) is 0 Å². The third kappa shape index (κ3) is 3.44. The van der Waals surface area contributed by atoms with E-state index in [0.717, 1.165) is 16.7 Å². The quantitative estimate of drug-likeness (QED) is 0.286. The molecule has 0 aliphatic rings. The van der Waals surface area contributed by atoms with Crippen LogP contribution in [0.1, 0.15) is 22.4 Å². The van der Waals surface area contributed by atoms with Crippen LogP contribution in [0.2, 0.25) is 0 Å². The lowest BCUT2D eigenvalue weighted by atomic mass is 10.0. The Morgan fingerprint density at radius 1 is 0.576 bits per heavy atom. The fraction of sp³-hybridized carbons (Fsp3) is 0.0333. The van der Waals surface area contributed by atoms with Crippen molar-refractivity contribution >= 4 is 57.0 Å². The highest BCUT2D eigenvalue weighted by atomic mass is 14.9. The van der Waals surface area contributed by atoms with Gasteiger partial charge in [-0.2, -0.15) is 4.57 Å². The number of fused-ring (bicyclic) bond motifs is 3. The number of hydrogen-bond acceptors (Lipinski definition) is 0. The van der Waals surface area contributed by atoms with Crippen LogP contribution in [0.4, 0.5) is 0 Å². The standard InChI is InChI=1S/C30H23N3/c1-33-24(17-16-23-20-32-29-12-6-3-9-26(23)29)18-21(27-10-4-7-13-30(27)33)14-15-22-19-31-28-11-5-2-8-25(22)28/h2-20H,1H3,(H,31,32)/p+1. The number of rotatable bonds is 4. The molecule has 6 rings (SSSR count). The zero-order valence-electron chi connectivity index (χ0n) is 18.4. The van der Waals surface area contributed by atoms with Crippen LogP contribution in [0.15, 0.2) is 91.3 Å². The van der Waals surface area contributed by atoms with Crippen LogP contribution in [-0.2, 0) is 7.05 Å². The molecule has 3 aromatic heterocycles. The molecule has 6 aromatic rings. The van der Waals surface area contributed by atoms with Gasteiger partial charge in [0.1, 0.15) is 7.05 Å². The van der Waals surface area contributed by atoms with Crippen LogP contribution in [0.25, 0.3) is 57.0 Å². The molecule has 0 saturated heterocycles. The molecular formula is C30H24N3+. The first-order chi connectivity index (χ1) is 16.3. The van der Waals surface area contributed by atoms with E-state index >= 15 is 0 Å². The summed E-state index contributed by atoms with van der Waals surface area (Å²) in [4.78, 5) is 6.72. The van der Waals surface area contributed by atoms with Gasteiger partial charge < -0.3 is 9.97 Å². The van der Waals surface area contributed by atoms with Gasteiger partial charge in [-0.1, -0.05) is 60.7 Å². The maximum absolute atomic E-state index is 3.36. The first kappa shape index (κ1) is 19.3. The predicted octanol–water partition coefficient (Wildman–Crippen LogP) is 6.97. The highest BCUT2D eigenvalue weighted by molar-refractivity contribution is 5.95. The highest BCUT2D eigenvalue weighted by Gasteiger charge is 2.13. The van der Waals surface area contributed by atoms with Gasteiger partial charge in [0.05, 0.1) is 5.39 Å². The molecule has 0 saturated carbocycles. The molecule has 33 heavy (non-hydrogen) atoms. The minimum absolute atomic E-state index is 1.15. The topological polar surface area (TPSA) is 35.5 Å². The fourth-order valence-electron chi connectivity index (χ4n) is 4.60. The first-order valence-corrected chi connectivity index (χ1v) is 11.2. The maximum Gasteiger partial charge on any atom is 0.213 e. The number of pyridine rings is 1. The number of benzene rings is 3. The number of aryl methyl sites for hydroxylation is 1. The Morgan fingerprint density at radius 2 is 1.09 bits per heavy atom. The number of nitrogens with zero attached hydrogens (tertiary/aromatic N) is 1. The van der Waals surface area contributed by atoms with Crippen molar-refractivity contribution in [1.29, 1.82) is 0 Å². The monoisotopic (exact) mass is 426 g/mol. The molecule has 0 bridgehead atoms. The number of hydrogen-bond donors (Lipinski definition) is 2. The number of aromatic nitrogens is 3. The number of para-hydroxylation sites is 3. The van der Waals surface area contributed by atoms with Gasteiger partial charge in [0, 0.05) is 52.4 Å². The third-order valence-corrected chi connectivity index (χ3v) is 6.39. The molecule has 0 aliphatic carbocycles. The lowest BCUT2D eigenvalue weighted by molar-refractivity contribution is -0.646. The van der Waals surface area contributed by atoms with E-state index in [1.165, 1.54) is 38.4 Å². The maximum atomic E-state index is 3.36. The molecule has 158 valence electrons. The van der Waals surface area contributed by atoms with Gasteiger partial charge in [-0.15, -0.1) is 0 Å². The molecule has 0 amide bonds. The van der Waals surface area contributed by atoms with Gasteiger partial charge in [0.2, 0.25) is 11.2 Å². The van der Waals surface area contributed by atoms with E-state index in [1.54, 1.807) is 0 Å². The molecule has 0 unspecified atom stereocenters. The van der Waals surface area contributed by atoms with Gasteiger partial charge in [-0.25, -0.2) is 0 Å². The van der Waals surface area contributed by atoms with Crippen LogP contribution in [-0.4, -0.2) is 9.97 Å². The molecule has 0 spiro atoms. The first-order valence-electron chi connectivity index (χ1n) is 11.2. The second-order valence-electron chi connectivity index (χ2n) is 8.35. The second-order valence-corrected chi connectivity index (χ2v) is 8.35. The molecule has 0 radical (unpaired) electrons. The zero-order valence-corrected chi connectivity index (χ0v) is 18.4. The van der Waals surface area contributed by atoms with E-state index in [4.69, 9.17) is 0 Å². The minimum Gasteiger partial charge on any atom is -0.361 e. The van der Waals surface area contributed by atoms with Crippen molar-refractivity contribution in [1.82, 2.24) is 9.97 Å². The molecule has 2 N–H and O–H groups in total. The molecule has 0 atom stereocenters. The Morgan fingerprint density at radius 3 is 1.76 bits per heavy atom. The summed E-state index contributed by atoms with van der Waals surface area (Å²) < 4.78 is 2.25. The Bertz CT molecular complexity index is 1680. The van der Waals surface area contributed by atoms with Crippen molar-refractivity contribution < 1.29 is 4.57 Å². The van der Waals surface area contributed by atoms with Gasteiger partial charge in [-0.3, -0.25) is 0 Å². The Hall–Kier alpha value is -4.37. The highest BCUT2D eigenvalue weighted by Crippen LogP contribution is 2.24. The predicted molar refractivity (Wildman–Crippen MR) is 140 cm³/mol. The summed E-state index contributed by atoms with van der Waals surface area (Å²) in [5, 5.41) is 3.70. The van der Waals surface area contributed by atoms with Crippen molar-refractivity contribution in [3.8, 4) is 0 Å². The smallest absolute Gasteiger partial charge is 0.213 e. The molecule has 3 aromatic carbocycles. The SMILES string of the molecule is C[n+]1c(C=Cc2c[nH]c3ccccc23)cc(C=Cc2c[nH]c3ccccc23)c2ccccc21. The molecular weight excluding hydrogens is 402 g/mol. The molecule has 3 heterocycles. The van der Waals surface area contributed by atoms with Gasteiger partial charge in [-0.05, 0) is 41.0 Å². The van der Waals surface area contributed by atoms with Gasteiger partial charge in [0.25, 0.3) is 0 Å². The summed E-state index contributed by atoms with van der Waals surface area (Å²) >= 11 is 0. The fourth-order valence-corrected chi connectivity index (χ4v) is 4.60. The normalized spacial score (nSPS) is 12.2. The third-order valence-electron chi connectivity index (χ3n) is 6.39. The molecule has 0 fully saturated rings. The summed E-state index contributed by atoms with van der Waals surface area (Å²) in [7, 11) is 2.13. The number of nitrogens with one attached hydrogen (secondary N) is 2. The average Bonchev–Trinajstić information content (AvgIpc) is 3.47. The summed E-state index contributed by atoms with van der Waals surface area (Å²) in [6.07, 6.45) is 13.0. The summed E-state index contributed by atoms with van der Waals surface area (Å²) in [5.41, 5.74) is 8.25. The van der Waals surface area contributed by atoms with E-state index in [0.29, 0.717) is 0 Å². The van der Waals surface area contributed by atoms with E-state index < -0.39 is 0 Å². The van der Waals surface area contributed by atoms with Crippen molar-refractivity contribution in [2.75, 3.05) is 0 Å².